The van der Waals surface area contributed by atoms with E-state index in [0.29, 0.717) is 6.42 Å². The highest BCUT2D eigenvalue weighted by Gasteiger charge is 1.94. The Morgan fingerprint density at radius 3 is 2.81 bits per heavy atom. The van der Waals surface area contributed by atoms with Crippen molar-refractivity contribution in [3.05, 3.63) is 18.7 Å². The number of carbonyl (C=O) groups excluding carboxylic acids is 1. The third-order valence-electron chi connectivity index (χ3n) is 2.36. The predicted molar refractivity (Wildman–Crippen MR) is 62.8 cm³/mol. The van der Waals surface area contributed by atoms with E-state index >= 15 is 0 Å². The summed E-state index contributed by atoms with van der Waals surface area (Å²) in [6.45, 7) is 2.94. The van der Waals surface area contributed by atoms with Crippen molar-refractivity contribution in [3.63, 3.8) is 0 Å². The third-order valence-corrected chi connectivity index (χ3v) is 2.36. The Kier molecular flexibility index (Phi) is 6.25. The van der Waals surface area contributed by atoms with Gasteiger partial charge in [0.05, 0.1) is 6.33 Å². The second-order valence-electron chi connectivity index (χ2n) is 3.83. The molecule has 3 N–H and O–H groups in total. The number of aromatic nitrogens is 2. The van der Waals surface area contributed by atoms with Crippen molar-refractivity contribution in [1.82, 2.24) is 14.9 Å². The van der Waals surface area contributed by atoms with E-state index < -0.39 is 0 Å². The fraction of sp³-hybridized carbons (Fsp3) is 0.636. The Morgan fingerprint density at radius 2 is 2.12 bits per heavy atom. The van der Waals surface area contributed by atoms with Gasteiger partial charge in [0.1, 0.15) is 0 Å². The Bertz CT molecular complexity index is 284. The van der Waals surface area contributed by atoms with E-state index in [0.717, 1.165) is 38.9 Å². The molecule has 0 bridgehead atoms. The number of hydrogen-bond donors (Lipinski definition) is 2. The average Bonchev–Trinajstić information content (AvgIpc) is 2.74. The van der Waals surface area contributed by atoms with E-state index in [1.807, 2.05) is 12.5 Å². The van der Waals surface area contributed by atoms with Crippen LogP contribution >= 0.6 is 0 Å². The van der Waals surface area contributed by atoms with E-state index in [2.05, 4.69) is 14.9 Å². The molecule has 0 spiro atoms. The number of primary amides is 1. The summed E-state index contributed by atoms with van der Waals surface area (Å²) < 4.78 is 2.06. The molecule has 0 radical (unpaired) electrons. The molecule has 0 aliphatic heterocycles. The summed E-state index contributed by atoms with van der Waals surface area (Å²) in [7, 11) is 0. The summed E-state index contributed by atoms with van der Waals surface area (Å²) in [5.41, 5.74) is 5.04. The minimum atomic E-state index is -0.208. The van der Waals surface area contributed by atoms with Gasteiger partial charge in [-0.1, -0.05) is 0 Å². The monoisotopic (exact) mass is 224 g/mol. The second kappa shape index (κ2) is 7.87. The van der Waals surface area contributed by atoms with E-state index in [4.69, 9.17) is 5.73 Å². The van der Waals surface area contributed by atoms with Crippen molar-refractivity contribution < 1.29 is 4.79 Å². The number of nitrogens with zero attached hydrogens (tertiary/aromatic N) is 2. The molecule has 5 heteroatoms. The van der Waals surface area contributed by atoms with Gasteiger partial charge in [-0.05, 0) is 32.4 Å². The van der Waals surface area contributed by atoms with Crippen LogP contribution < -0.4 is 11.1 Å². The molecule has 90 valence electrons. The van der Waals surface area contributed by atoms with Crippen LogP contribution in [0.3, 0.4) is 0 Å². The zero-order valence-electron chi connectivity index (χ0n) is 9.56. The first-order chi connectivity index (χ1) is 7.79. The van der Waals surface area contributed by atoms with Gasteiger partial charge >= 0.3 is 0 Å². The molecule has 0 aliphatic rings. The van der Waals surface area contributed by atoms with Crippen LogP contribution in [0, 0.1) is 0 Å². The minimum Gasteiger partial charge on any atom is -0.370 e. The van der Waals surface area contributed by atoms with Crippen LogP contribution in [0.15, 0.2) is 18.7 Å². The smallest absolute Gasteiger partial charge is 0.217 e. The maximum Gasteiger partial charge on any atom is 0.217 e. The third kappa shape index (κ3) is 6.19. The second-order valence-corrected chi connectivity index (χ2v) is 3.83. The van der Waals surface area contributed by atoms with Crippen LogP contribution in [0.1, 0.15) is 25.7 Å². The molecule has 1 aromatic rings. The zero-order chi connectivity index (χ0) is 11.6. The standard InChI is InChI=1S/C11H20N4O/c12-11(16)4-1-2-5-13-6-3-8-15-9-7-14-10-15/h7,9-10,13H,1-6,8H2,(H2,12,16). The number of unbranched alkanes of at least 4 members (excludes halogenated alkanes) is 1. The number of rotatable bonds is 9. The molecule has 1 heterocycles. The van der Waals surface area contributed by atoms with Gasteiger partial charge in [-0.25, -0.2) is 4.98 Å². The molecule has 0 aliphatic carbocycles. The maximum absolute atomic E-state index is 10.5. The van der Waals surface area contributed by atoms with Gasteiger partial charge in [0, 0.05) is 25.4 Å². The normalized spacial score (nSPS) is 10.5. The zero-order valence-corrected chi connectivity index (χ0v) is 9.56. The highest BCUT2D eigenvalue weighted by Crippen LogP contribution is 1.93. The number of aryl methyl sites for hydroxylation is 1. The number of nitrogens with two attached hydrogens (primary N) is 1. The Balaban J connectivity index is 1.83. The van der Waals surface area contributed by atoms with Crippen LogP contribution in [0.4, 0.5) is 0 Å². The Labute approximate surface area is 96.0 Å². The molecule has 0 atom stereocenters. The lowest BCUT2D eigenvalue weighted by Gasteiger charge is -2.04. The highest BCUT2D eigenvalue weighted by atomic mass is 16.1. The van der Waals surface area contributed by atoms with Crippen molar-refractivity contribution in [2.45, 2.75) is 32.2 Å². The van der Waals surface area contributed by atoms with Crippen molar-refractivity contribution >= 4 is 5.91 Å². The molecule has 1 rings (SSSR count). The fourth-order valence-electron chi connectivity index (χ4n) is 1.48. The molecule has 0 unspecified atom stereocenters. The lowest BCUT2D eigenvalue weighted by Crippen LogP contribution is -2.18. The molecule has 0 aromatic carbocycles. The van der Waals surface area contributed by atoms with Crippen molar-refractivity contribution in [2.75, 3.05) is 13.1 Å². The molecular formula is C11H20N4O. The summed E-state index contributed by atoms with van der Waals surface area (Å²) in [4.78, 5) is 14.4. The molecule has 1 aromatic heterocycles. The molecule has 5 nitrogen and oxygen atoms in total. The fourth-order valence-corrected chi connectivity index (χ4v) is 1.48. The van der Waals surface area contributed by atoms with Gasteiger partial charge < -0.3 is 15.6 Å². The molecule has 16 heavy (non-hydrogen) atoms. The molecular weight excluding hydrogens is 204 g/mol. The largest absolute Gasteiger partial charge is 0.370 e. The quantitative estimate of drug-likeness (QED) is 0.601. The summed E-state index contributed by atoms with van der Waals surface area (Å²) in [5.74, 6) is -0.208. The van der Waals surface area contributed by atoms with Crippen LogP contribution in [0.25, 0.3) is 0 Å². The van der Waals surface area contributed by atoms with Gasteiger partial charge in [0.25, 0.3) is 0 Å². The van der Waals surface area contributed by atoms with Crippen LogP contribution in [0.2, 0.25) is 0 Å². The SMILES string of the molecule is NC(=O)CCCCNCCCn1ccnc1. The van der Waals surface area contributed by atoms with E-state index in [9.17, 15) is 4.79 Å². The van der Waals surface area contributed by atoms with E-state index in [1.165, 1.54) is 0 Å². The molecule has 1 amide bonds. The highest BCUT2D eigenvalue weighted by molar-refractivity contribution is 5.73. The number of carbonyl (C=O) groups is 1. The first-order valence-electron chi connectivity index (χ1n) is 5.74. The van der Waals surface area contributed by atoms with E-state index in [-0.39, 0.29) is 5.91 Å². The van der Waals surface area contributed by atoms with Gasteiger partial charge in [0.2, 0.25) is 5.91 Å². The Hall–Kier alpha value is -1.36. The van der Waals surface area contributed by atoms with Crippen LogP contribution in [-0.2, 0) is 11.3 Å². The Morgan fingerprint density at radius 1 is 1.31 bits per heavy atom. The van der Waals surface area contributed by atoms with Gasteiger partial charge in [0.15, 0.2) is 0 Å². The average molecular weight is 224 g/mol. The topological polar surface area (TPSA) is 72.9 Å². The summed E-state index contributed by atoms with van der Waals surface area (Å²) >= 11 is 0. The summed E-state index contributed by atoms with van der Waals surface area (Å²) in [6.07, 6.45) is 9.05. The maximum atomic E-state index is 10.5. The molecule has 0 saturated heterocycles. The lowest BCUT2D eigenvalue weighted by atomic mass is 10.2. The number of nitrogens with one attached hydrogen (secondary N) is 1. The first kappa shape index (κ1) is 12.7. The summed E-state index contributed by atoms with van der Waals surface area (Å²) in [5, 5.41) is 3.34. The van der Waals surface area contributed by atoms with Gasteiger partial charge in [-0.3, -0.25) is 4.79 Å². The van der Waals surface area contributed by atoms with Gasteiger partial charge in [-0.2, -0.15) is 0 Å². The lowest BCUT2D eigenvalue weighted by molar-refractivity contribution is -0.118. The molecule has 0 saturated carbocycles. The van der Waals surface area contributed by atoms with Crippen molar-refractivity contribution in [3.8, 4) is 0 Å². The number of hydrogen-bond acceptors (Lipinski definition) is 3. The van der Waals surface area contributed by atoms with Crippen molar-refractivity contribution in [1.29, 1.82) is 0 Å². The van der Waals surface area contributed by atoms with E-state index in [1.54, 1.807) is 6.20 Å². The number of amides is 1. The molecule has 0 fully saturated rings. The first-order valence-corrected chi connectivity index (χ1v) is 5.74. The minimum absolute atomic E-state index is 0.208. The predicted octanol–water partition coefficient (Wildman–Crippen LogP) is 0.518. The van der Waals surface area contributed by atoms with Crippen LogP contribution in [-0.4, -0.2) is 28.5 Å². The summed E-state index contributed by atoms with van der Waals surface area (Å²) in [6, 6.07) is 0. The number of imidazole rings is 1. The van der Waals surface area contributed by atoms with Crippen molar-refractivity contribution in [2.24, 2.45) is 5.73 Å². The van der Waals surface area contributed by atoms with Crippen LogP contribution in [0.5, 0.6) is 0 Å². The van der Waals surface area contributed by atoms with Gasteiger partial charge in [-0.15, -0.1) is 0 Å².